The molecule has 0 atom stereocenters. The van der Waals surface area contributed by atoms with Gasteiger partial charge >= 0.3 is 6.09 Å². The van der Waals surface area contributed by atoms with Crippen LogP contribution < -0.4 is 5.32 Å². The van der Waals surface area contributed by atoms with E-state index in [4.69, 9.17) is 14.7 Å². The Morgan fingerprint density at radius 1 is 1.36 bits per heavy atom. The fraction of sp³-hybridized carbons (Fsp3) is 0.333. The summed E-state index contributed by atoms with van der Waals surface area (Å²) in [5.41, 5.74) is 2.02. The highest BCUT2D eigenvalue weighted by atomic mass is 16.6. The van der Waals surface area contributed by atoms with Gasteiger partial charge in [-0.3, -0.25) is 15.7 Å². The molecule has 0 aliphatic rings. The molecule has 0 bridgehead atoms. The number of aromatic nitrogens is 2. The number of aryl methyl sites for hydroxylation is 1. The van der Waals surface area contributed by atoms with Gasteiger partial charge in [0.2, 0.25) is 0 Å². The van der Waals surface area contributed by atoms with Crippen molar-refractivity contribution in [1.29, 1.82) is 5.41 Å². The van der Waals surface area contributed by atoms with Crippen LogP contribution in [0.4, 0.5) is 4.79 Å². The van der Waals surface area contributed by atoms with Crippen LogP contribution in [0.2, 0.25) is 0 Å². The third-order valence-corrected chi connectivity index (χ3v) is 2.67. The molecule has 116 valence electrons. The van der Waals surface area contributed by atoms with Gasteiger partial charge in [-0.05, 0) is 39.8 Å². The average Bonchev–Trinajstić information content (AvgIpc) is 2.83. The Morgan fingerprint density at radius 2 is 2.09 bits per heavy atom. The Kier molecular flexibility index (Phi) is 4.25. The highest BCUT2D eigenvalue weighted by Crippen LogP contribution is 2.19. The number of nitrogens with one attached hydrogen (secondary N) is 2. The molecule has 0 radical (unpaired) electrons. The number of carbonyl (C=O) groups is 1. The third kappa shape index (κ3) is 3.91. The average molecular weight is 302 g/mol. The molecule has 22 heavy (non-hydrogen) atoms. The maximum atomic E-state index is 11.6. The summed E-state index contributed by atoms with van der Waals surface area (Å²) in [7, 11) is 0. The molecule has 7 heteroatoms. The van der Waals surface area contributed by atoms with E-state index >= 15 is 0 Å². The van der Waals surface area contributed by atoms with Gasteiger partial charge in [-0.15, -0.1) is 0 Å². The van der Waals surface area contributed by atoms with Crippen molar-refractivity contribution in [3.05, 3.63) is 35.7 Å². The molecule has 0 fully saturated rings. The number of alkyl carbamates (subject to hydrolysis) is 1. The standard InChI is InChI=1S/C15H18N4O3/c1-9-8-21-19-12(9)11-6-5-10(7-17-11)13(16)18-14(20)22-15(2,3)4/h5-8H,1-4H3,(H2,16,18,20). The molecule has 0 saturated heterocycles. The molecule has 2 rings (SSSR count). The first-order valence-electron chi connectivity index (χ1n) is 6.72. The van der Waals surface area contributed by atoms with Crippen molar-refractivity contribution in [2.75, 3.05) is 0 Å². The molecule has 0 unspecified atom stereocenters. The van der Waals surface area contributed by atoms with E-state index in [0.717, 1.165) is 5.56 Å². The monoisotopic (exact) mass is 302 g/mol. The van der Waals surface area contributed by atoms with Gasteiger partial charge < -0.3 is 9.26 Å². The van der Waals surface area contributed by atoms with Crippen LogP contribution in [0.25, 0.3) is 11.4 Å². The topological polar surface area (TPSA) is 101 Å². The zero-order chi connectivity index (χ0) is 16.3. The Hall–Kier alpha value is -2.70. The van der Waals surface area contributed by atoms with Crippen LogP contribution >= 0.6 is 0 Å². The first-order chi connectivity index (χ1) is 10.3. The van der Waals surface area contributed by atoms with E-state index in [2.05, 4.69) is 15.5 Å². The molecular weight excluding hydrogens is 284 g/mol. The van der Waals surface area contributed by atoms with Gasteiger partial charge in [-0.2, -0.15) is 0 Å². The number of rotatable bonds is 2. The van der Waals surface area contributed by atoms with E-state index in [9.17, 15) is 4.79 Å². The van der Waals surface area contributed by atoms with E-state index < -0.39 is 11.7 Å². The lowest BCUT2D eigenvalue weighted by atomic mass is 10.1. The number of amides is 1. The van der Waals surface area contributed by atoms with E-state index in [1.165, 1.54) is 12.5 Å². The van der Waals surface area contributed by atoms with E-state index in [1.54, 1.807) is 32.9 Å². The number of amidine groups is 1. The van der Waals surface area contributed by atoms with E-state index in [-0.39, 0.29) is 5.84 Å². The number of pyridine rings is 1. The number of carbonyl (C=O) groups excluding carboxylic acids is 1. The lowest BCUT2D eigenvalue weighted by molar-refractivity contribution is 0.0563. The minimum absolute atomic E-state index is 0.0785. The molecule has 7 nitrogen and oxygen atoms in total. The molecular formula is C15H18N4O3. The van der Waals surface area contributed by atoms with Crippen molar-refractivity contribution in [1.82, 2.24) is 15.5 Å². The second kappa shape index (κ2) is 5.97. The quantitative estimate of drug-likeness (QED) is 0.656. The predicted octanol–water partition coefficient (Wildman–Crippen LogP) is 2.90. The van der Waals surface area contributed by atoms with Crippen molar-refractivity contribution < 1.29 is 14.1 Å². The molecule has 2 aromatic heterocycles. The van der Waals surface area contributed by atoms with E-state index in [0.29, 0.717) is 17.0 Å². The first-order valence-corrected chi connectivity index (χ1v) is 6.72. The molecule has 0 aromatic carbocycles. The molecule has 0 spiro atoms. The predicted molar refractivity (Wildman–Crippen MR) is 80.7 cm³/mol. The Balaban J connectivity index is 2.06. The van der Waals surface area contributed by atoms with Crippen LogP contribution in [0.3, 0.4) is 0 Å². The maximum absolute atomic E-state index is 11.6. The van der Waals surface area contributed by atoms with Gasteiger partial charge in [0.05, 0.1) is 5.69 Å². The second-order valence-corrected chi connectivity index (χ2v) is 5.78. The van der Waals surface area contributed by atoms with Crippen LogP contribution in [0.1, 0.15) is 31.9 Å². The highest BCUT2D eigenvalue weighted by Gasteiger charge is 2.17. The number of hydrogen-bond acceptors (Lipinski definition) is 6. The molecule has 0 aliphatic carbocycles. The van der Waals surface area contributed by atoms with Crippen LogP contribution in [0, 0.1) is 12.3 Å². The molecule has 0 saturated carbocycles. The summed E-state index contributed by atoms with van der Waals surface area (Å²) in [5.74, 6) is -0.0785. The molecule has 1 amide bonds. The van der Waals surface area contributed by atoms with Crippen molar-refractivity contribution >= 4 is 11.9 Å². The molecule has 2 aromatic rings. The normalized spacial score (nSPS) is 11.1. The number of ether oxygens (including phenoxy) is 1. The minimum atomic E-state index is -0.672. The lowest BCUT2D eigenvalue weighted by Gasteiger charge is -2.19. The zero-order valence-corrected chi connectivity index (χ0v) is 12.9. The summed E-state index contributed by atoms with van der Waals surface area (Å²) in [6.07, 6.45) is 2.36. The lowest BCUT2D eigenvalue weighted by Crippen LogP contribution is -2.36. The van der Waals surface area contributed by atoms with Gasteiger partial charge in [-0.25, -0.2) is 4.79 Å². The SMILES string of the molecule is Cc1conc1-c1ccc(C(=N)NC(=O)OC(C)(C)C)cn1. The molecule has 2 heterocycles. The van der Waals surface area contributed by atoms with E-state index in [1.807, 2.05) is 6.92 Å². The summed E-state index contributed by atoms with van der Waals surface area (Å²) in [6, 6.07) is 3.39. The number of hydrogen-bond donors (Lipinski definition) is 2. The minimum Gasteiger partial charge on any atom is -0.444 e. The summed E-state index contributed by atoms with van der Waals surface area (Å²) < 4.78 is 9.97. The van der Waals surface area contributed by atoms with Crippen molar-refractivity contribution in [2.24, 2.45) is 0 Å². The summed E-state index contributed by atoms with van der Waals surface area (Å²) in [5, 5.41) is 14.1. The summed E-state index contributed by atoms with van der Waals surface area (Å²) in [4.78, 5) is 15.9. The van der Waals surface area contributed by atoms with Crippen molar-refractivity contribution in [2.45, 2.75) is 33.3 Å². The van der Waals surface area contributed by atoms with Crippen LogP contribution in [0.5, 0.6) is 0 Å². The largest absolute Gasteiger partial charge is 0.444 e. The van der Waals surface area contributed by atoms with Gasteiger partial charge in [0, 0.05) is 17.3 Å². The van der Waals surface area contributed by atoms with Gasteiger partial charge in [0.25, 0.3) is 0 Å². The number of nitrogens with zero attached hydrogens (tertiary/aromatic N) is 2. The van der Waals surface area contributed by atoms with Crippen LogP contribution in [-0.4, -0.2) is 27.7 Å². The summed E-state index contributed by atoms with van der Waals surface area (Å²) in [6.45, 7) is 7.14. The fourth-order valence-electron chi connectivity index (χ4n) is 1.69. The highest BCUT2D eigenvalue weighted by molar-refractivity contribution is 6.04. The summed E-state index contributed by atoms with van der Waals surface area (Å²) >= 11 is 0. The maximum Gasteiger partial charge on any atom is 0.413 e. The van der Waals surface area contributed by atoms with Gasteiger partial charge in [-0.1, -0.05) is 5.16 Å². The van der Waals surface area contributed by atoms with Gasteiger partial charge in [0.15, 0.2) is 0 Å². The Morgan fingerprint density at radius 3 is 2.59 bits per heavy atom. The van der Waals surface area contributed by atoms with Crippen LogP contribution in [-0.2, 0) is 4.74 Å². The van der Waals surface area contributed by atoms with Gasteiger partial charge in [0.1, 0.15) is 23.4 Å². The smallest absolute Gasteiger partial charge is 0.413 e. The Bertz CT molecular complexity index is 684. The molecule has 2 N–H and O–H groups in total. The zero-order valence-electron chi connectivity index (χ0n) is 12.9. The fourth-order valence-corrected chi connectivity index (χ4v) is 1.69. The third-order valence-electron chi connectivity index (χ3n) is 2.67. The van der Waals surface area contributed by atoms with Crippen molar-refractivity contribution in [3.8, 4) is 11.4 Å². The second-order valence-electron chi connectivity index (χ2n) is 5.78. The van der Waals surface area contributed by atoms with Crippen LogP contribution in [0.15, 0.2) is 29.1 Å². The molecule has 0 aliphatic heterocycles. The first kappa shape index (κ1) is 15.7. The van der Waals surface area contributed by atoms with Crippen molar-refractivity contribution in [3.63, 3.8) is 0 Å². The Labute approximate surface area is 128 Å².